The van der Waals surface area contributed by atoms with Crippen molar-refractivity contribution < 1.29 is 14.3 Å². The van der Waals surface area contributed by atoms with Gasteiger partial charge in [-0.15, -0.1) is 0 Å². The molecule has 1 fully saturated rings. The molecule has 1 saturated heterocycles. The van der Waals surface area contributed by atoms with Gasteiger partial charge < -0.3 is 15.0 Å². The van der Waals surface area contributed by atoms with Crippen LogP contribution in [0.25, 0.3) is 0 Å². The van der Waals surface area contributed by atoms with Gasteiger partial charge in [0.2, 0.25) is 0 Å². The van der Waals surface area contributed by atoms with E-state index in [-0.39, 0.29) is 11.8 Å². The summed E-state index contributed by atoms with van der Waals surface area (Å²) >= 11 is 0. The van der Waals surface area contributed by atoms with Gasteiger partial charge in [-0.3, -0.25) is 14.6 Å². The van der Waals surface area contributed by atoms with E-state index in [0.717, 1.165) is 18.6 Å². The number of piperidine rings is 1. The highest BCUT2D eigenvalue weighted by Gasteiger charge is 2.24. The summed E-state index contributed by atoms with van der Waals surface area (Å²) in [6, 6.07) is 7.26. The second-order valence-electron chi connectivity index (χ2n) is 6.49. The SMILES string of the molecule is CCOc1ccc(C(=O)N2CCC(CNC(=O)c3cnccn3)CC2)cc1. The monoisotopic (exact) mass is 368 g/mol. The Balaban J connectivity index is 1.45. The molecule has 0 spiro atoms. The first-order valence-corrected chi connectivity index (χ1v) is 9.23. The number of amides is 2. The Labute approximate surface area is 158 Å². The summed E-state index contributed by atoms with van der Waals surface area (Å²) in [5.74, 6) is 0.956. The number of rotatable bonds is 6. The van der Waals surface area contributed by atoms with E-state index in [9.17, 15) is 9.59 Å². The zero-order valence-electron chi connectivity index (χ0n) is 15.4. The fourth-order valence-corrected chi connectivity index (χ4v) is 3.13. The molecule has 7 nitrogen and oxygen atoms in total. The van der Waals surface area contributed by atoms with E-state index in [2.05, 4.69) is 15.3 Å². The average Bonchev–Trinajstić information content (AvgIpc) is 2.73. The number of nitrogens with one attached hydrogen (secondary N) is 1. The van der Waals surface area contributed by atoms with Gasteiger partial charge in [-0.05, 0) is 49.9 Å². The lowest BCUT2D eigenvalue weighted by atomic mass is 9.96. The summed E-state index contributed by atoms with van der Waals surface area (Å²) in [4.78, 5) is 34.4. The Morgan fingerprint density at radius 2 is 1.93 bits per heavy atom. The minimum Gasteiger partial charge on any atom is -0.494 e. The van der Waals surface area contributed by atoms with Gasteiger partial charge in [0.1, 0.15) is 11.4 Å². The van der Waals surface area contributed by atoms with Crippen LogP contribution < -0.4 is 10.1 Å². The van der Waals surface area contributed by atoms with Crippen molar-refractivity contribution in [2.75, 3.05) is 26.2 Å². The van der Waals surface area contributed by atoms with Gasteiger partial charge in [0.25, 0.3) is 11.8 Å². The quantitative estimate of drug-likeness (QED) is 0.845. The van der Waals surface area contributed by atoms with Gasteiger partial charge in [0.15, 0.2) is 0 Å². The van der Waals surface area contributed by atoms with Crippen LogP contribution in [-0.2, 0) is 0 Å². The highest BCUT2D eigenvalue weighted by atomic mass is 16.5. The smallest absolute Gasteiger partial charge is 0.271 e. The highest BCUT2D eigenvalue weighted by molar-refractivity contribution is 5.94. The van der Waals surface area contributed by atoms with E-state index in [4.69, 9.17) is 4.74 Å². The first kappa shape index (κ1) is 18.8. The molecule has 0 aliphatic carbocycles. The van der Waals surface area contributed by atoms with Gasteiger partial charge >= 0.3 is 0 Å². The molecule has 0 atom stereocenters. The van der Waals surface area contributed by atoms with E-state index in [1.165, 1.54) is 18.6 Å². The number of nitrogens with zero attached hydrogens (tertiary/aromatic N) is 3. The number of hydrogen-bond donors (Lipinski definition) is 1. The van der Waals surface area contributed by atoms with Gasteiger partial charge in [0.05, 0.1) is 12.8 Å². The molecule has 2 aromatic rings. The van der Waals surface area contributed by atoms with Crippen molar-refractivity contribution in [3.8, 4) is 5.75 Å². The predicted molar refractivity (Wildman–Crippen MR) is 101 cm³/mol. The van der Waals surface area contributed by atoms with Crippen LogP contribution in [-0.4, -0.2) is 52.9 Å². The second-order valence-corrected chi connectivity index (χ2v) is 6.49. The Bertz CT molecular complexity index is 757. The summed E-state index contributed by atoms with van der Waals surface area (Å²) in [5.41, 5.74) is 0.994. The third-order valence-electron chi connectivity index (χ3n) is 4.66. The van der Waals surface area contributed by atoms with E-state index in [0.29, 0.717) is 43.4 Å². The first-order chi connectivity index (χ1) is 13.2. The molecule has 1 aliphatic heterocycles. The molecule has 1 aliphatic rings. The molecule has 1 N–H and O–H groups in total. The lowest BCUT2D eigenvalue weighted by Gasteiger charge is -2.32. The molecule has 2 amide bonds. The molecule has 1 aromatic heterocycles. The summed E-state index contributed by atoms with van der Waals surface area (Å²) < 4.78 is 5.41. The number of benzene rings is 1. The van der Waals surface area contributed by atoms with Crippen LogP contribution in [0.15, 0.2) is 42.9 Å². The van der Waals surface area contributed by atoms with Gasteiger partial charge in [0, 0.05) is 37.6 Å². The standard InChI is InChI=1S/C20H24N4O3/c1-2-27-17-5-3-16(4-6-17)20(26)24-11-7-15(8-12-24)13-23-19(25)18-14-21-9-10-22-18/h3-6,9-10,14-15H,2,7-8,11-13H2,1H3,(H,23,25). The van der Waals surface area contributed by atoms with Crippen molar-refractivity contribution in [3.63, 3.8) is 0 Å². The van der Waals surface area contributed by atoms with Crippen LogP contribution in [0.4, 0.5) is 0 Å². The number of likely N-dealkylation sites (tertiary alicyclic amines) is 1. The average molecular weight is 368 g/mol. The summed E-state index contributed by atoms with van der Waals surface area (Å²) in [6.07, 6.45) is 6.22. The van der Waals surface area contributed by atoms with Crippen molar-refractivity contribution in [1.29, 1.82) is 0 Å². The minimum atomic E-state index is -0.212. The van der Waals surface area contributed by atoms with Crippen LogP contribution in [0, 0.1) is 5.92 Å². The predicted octanol–water partition coefficient (Wildman–Crippen LogP) is 2.16. The molecule has 142 valence electrons. The maximum absolute atomic E-state index is 12.6. The molecule has 3 rings (SSSR count). The number of hydrogen-bond acceptors (Lipinski definition) is 5. The lowest BCUT2D eigenvalue weighted by molar-refractivity contribution is 0.0684. The zero-order valence-corrected chi connectivity index (χ0v) is 15.4. The largest absolute Gasteiger partial charge is 0.494 e. The molecule has 0 saturated carbocycles. The van der Waals surface area contributed by atoms with Crippen molar-refractivity contribution >= 4 is 11.8 Å². The van der Waals surface area contributed by atoms with Crippen molar-refractivity contribution in [2.45, 2.75) is 19.8 Å². The van der Waals surface area contributed by atoms with Crippen LogP contribution in [0.5, 0.6) is 5.75 Å². The number of carbonyl (C=O) groups is 2. The van der Waals surface area contributed by atoms with Crippen LogP contribution in [0.2, 0.25) is 0 Å². The zero-order chi connectivity index (χ0) is 19.1. The Hall–Kier alpha value is -2.96. The molecule has 0 unspecified atom stereocenters. The number of ether oxygens (including phenoxy) is 1. The molecule has 0 bridgehead atoms. The molecule has 1 aromatic carbocycles. The summed E-state index contributed by atoms with van der Waals surface area (Å²) in [7, 11) is 0. The van der Waals surface area contributed by atoms with Gasteiger partial charge in [-0.1, -0.05) is 0 Å². The third-order valence-corrected chi connectivity index (χ3v) is 4.66. The number of carbonyl (C=O) groups excluding carboxylic acids is 2. The summed E-state index contributed by atoms with van der Waals surface area (Å²) in [6.45, 7) is 4.50. The third kappa shape index (κ3) is 5.03. The Morgan fingerprint density at radius 3 is 2.56 bits per heavy atom. The van der Waals surface area contributed by atoms with Crippen LogP contribution in [0.1, 0.15) is 40.6 Å². The molecule has 2 heterocycles. The molecular formula is C20H24N4O3. The number of aromatic nitrogens is 2. The Morgan fingerprint density at radius 1 is 1.19 bits per heavy atom. The molecular weight excluding hydrogens is 344 g/mol. The second kappa shape index (κ2) is 9.12. The van der Waals surface area contributed by atoms with E-state index in [1.54, 1.807) is 12.1 Å². The first-order valence-electron chi connectivity index (χ1n) is 9.23. The minimum absolute atomic E-state index is 0.0418. The highest BCUT2D eigenvalue weighted by Crippen LogP contribution is 2.20. The fourth-order valence-electron chi connectivity index (χ4n) is 3.13. The molecule has 27 heavy (non-hydrogen) atoms. The van der Waals surface area contributed by atoms with Crippen LogP contribution in [0.3, 0.4) is 0 Å². The van der Waals surface area contributed by atoms with Gasteiger partial charge in [-0.25, -0.2) is 4.98 Å². The van der Waals surface area contributed by atoms with Gasteiger partial charge in [-0.2, -0.15) is 0 Å². The lowest BCUT2D eigenvalue weighted by Crippen LogP contribution is -2.41. The van der Waals surface area contributed by atoms with Crippen molar-refractivity contribution in [2.24, 2.45) is 5.92 Å². The van der Waals surface area contributed by atoms with Crippen molar-refractivity contribution in [3.05, 3.63) is 54.1 Å². The topological polar surface area (TPSA) is 84.4 Å². The maximum Gasteiger partial charge on any atom is 0.271 e. The Kier molecular flexibility index (Phi) is 6.35. The van der Waals surface area contributed by atoms with E-state index >= 15 is 0 Å². The maximum atomic E-state index is 12.6. The normalized spacial score (nSPS) is 14.6. The summed E-state index contributed by atoms with van der Waals surface area (Å²) in [5, 5.41) is 2.90. The molecule has 7 heteroatoms. The fraction of sp³-hybridized carbons (Fsp3) is 0.400. The van der Waals surface area contributed by atoms with Crippen molar-refractivity contribution in [1.82, 2.24) is 20.2 Å². The van der Waals surface area contributed by atoms with Crippen LogP contribution >= 0.6 is 0 Å². The van der Waals surface area contributed by atoms with E-state index in [1.807, 2.05) is 24.0 Å². The van der Waals surface area contributed by atoms with E-state index < -0.39 is 0 Å². The molecule has 0 radical (unpaired) electrons.